The lowest BCUT2D eigenvalue weighted by Gasteiger charge is -2.20. The number of benzene rings is 1. The Morgan fingerprint density at radius 2 is 2.00 bits per heavy atom. The maximum Gasteiger partial charge on any atom is 0.0521 e. The van der Waals surface area contributed by atoms with E-state index in [0.717, 1.165) is 12.8 Å². The summed E-state index contributed by atoms with van der Waals surface area (Å²) in [4.78, 5) is 0. The third kappa shape index (κ3) is 3.22. The average molecular weight is 258 g/mol. The van der Waals surface area contributed by atoms with Crippen LogP contribution in [0.5, 0.6) is 0 Å². The van der Waals surface area contributed by atoms with E-state index in [-0.39, 0.29) is 6.04 Å². The van der Waals surface area contributed by atoms with Gasteiger partial charge in [0.2, 0.25) is 0 Å². The van der Waals surface area contributed by atoms with Gasteiger partial charge in [-0.05, 0) is 48.9 Å². The van der Waals surface area contributed by atoms with E-state index in [9.17, 15) is 0 Å². The summed E-state index contributed by atoms with van der Waals surface area (Å²) in [5.74, 6) is 5.74. The third-order valence-corrected chi connectivity index (χ3v) is 3.57. The van der Waals surface area contributed by atoms with Gasteiger partial charge in [-0.1, -0.05) is 18.2 Å². The molecular formula is C15H22N4. The van der Waals surface area contributed by atoms with Crippen LogP contribution in [0.2, 0.25) is 0 Å². The lowest BCUT2D eigenvalue weighted by Crippen LogP contribution is -2.29. The van der Waals surface area contributed by atoms with Gasteiger partial charge in [0.15, 0.2) is 0 Å². The van der Waals surface area contributed by atoms with Gasteiger partial charge in [0.1, 0.15) is 0 Å². The molecule has 1 unspecified atom stereocenters. The van der Waals surface area contributed by atoms with Crippen LogP contribution in [0.3, 0.4) is 0 Å². The van der Waals surface area contributed by atoms with Crippen molar-refractivity contribution >= 4 is 0 Å². The lowest BCUT2D eigenvalue weighted by atomic mass is 9.93. The molecule has 1 heterocycles. The second kappa shape index (κ2) is 5.99. The first-order chi connectivity index (χ1) is 9.11. The minimum absolute atomic E-state index is 0.182. The second-order valence-corrected chi connectivity index (χ2v) is 5.09. The highest BCUT2D eigenvalue weighted by Crippen LogP contribution is 2.25. The molecule has 0 saturated heterocycles. The molecule has 4 nitrogen and oxygen atoms in total. The predicted octanol–water partition coefficient (Wildman–Crippen LogP) is 2.17. The molecule has 1 aromatic carbocycles. The lowest BCUT2D eigenvalue weighted by molar-refractivity contribution is 0.512. The molecule has 0 aliphatic carbocycles. The summed E-state index contributed by atoms with van der Waals surface area (Å²) in [5.41, 5.74) is 8.08. The first kappa shape index (κ1) is 13.8. The molecule has 19 heavy (non-hydrogen) atoms. The Balaban J connectivity index is 2.12. The number of aryl methyl sites for hydroxylation is 4. The predicted molar refractivity (Wildman–Crippen MR) is 77.5 cm³/mol. The van der Waals surface area contributed by atoms with Crippen LogP contribution in [0.15, 0.2) is 30.6 Å². The standard InChI is InChI=1S/C15H22N4/c1-11-5-4-6-12(2)15(11)14(18-16)8-7-13-9-17-19(3)10-13/h4-6,9-10,14,18H,7-8,16H2,1-3H3. The largest absolute Gasteiger partial charge is 0.276 e. The van der Waals surface area contributed by atoms with Crippen molar-refractivity contribution in [2.75, 3.05) is 0 Å². The summed E-state index contributed by atoms with van der Waals surface area (Å²) in [6.45, 7) is 4.27. The molecule has 102 valence electrons. The molecule has 0 aliphatic heterocycles. The molecule has 4 heteroatoms. The number of aromatic nitrogens is 2. The number of hydrazine groups is 1. The molecule has 0 amide bonds. The Morgan fingerprint density at radius 1 is 1.32 bits per heavy atom. The van der Waals surface area contributed by atoms with Crippen LogP contribution in [0, 0.1) is 13.8 Å². The number of nitrogens with zero attached hydrogens (tertiary/aromatic N) is 2. The zero-order valence-corrected chi connectivity index (χ0v) is 11.9. The molecule has 1 atom stereocenters. The van der Waals surface area contributed by atoms with Crippen LogP contribution in [0.1, 0.15) is 34.7 Å². The molecule has 2 aromatic rings. The smallest absolute Gasteiger partial charge is 0.0521 e. The second-order valence-electron chi connectivity index (χ2n) is 5.09. The SMILES string of the molecule is Cc1cccc(C)c1C(CCc1cnn(C)c1)NN. The van der Waals surface area contributed by atoms with Crippen molar-refractivity contribution in [3.05, 3.63) is 52.8 Å². The highest BCUT2D eigenvalue weighted by molar-refractivity contribution is 5.36. The van der Waals surface area contributed by atoms with E-state index in [2.05, 4.69) is 48.8 Å². The van der Waals surface area contributed by atoms with Gasteiger partial charge in [-0.2, -0.15) is 5.10 Å². The van der Waals surface area contributed by atoms with Crippen LogP contribution in [-0.4, -0.2) is 9.78 Å². The van der Waals surface area contributed by atoms with Crippen molar-refractivity contribution in [3.8, 4) is 0 Å². The van der Waals surface area contributed by atoms with Gasteiger partial charge in [-0.3, -0.25) is 16.0 Å². The van der Waals surface area contributed by atoms with Gasteiger partial charge < -0.3 is 0 Å². The Hall–Kier alpha value is -1.65. The van der Waals surface area contributed by atoms with E-state index in [1.54, 1.807) is 0 Å². The fraction of sp³-hybridized carbons (Fsp3) is 0.400. The molecular weight excluding hydrogens is 236 g/mol. The first-order valence-electron chi connectivity index (χ1n) is 6.61. The Kier molecular flexibility index (Phi) is 4.35. The van der Waals surface area contributed by atoms with E-state index >= 15 is 0 Å². The quantitative estimate of drug-likeness (QED) is 0.638. The average Bonchev–Trinajstić information content (AvgIpc) is 2.79. The summed E-state index contributed by atoms with van der Waals surface area (Å²) in [6, 6.07) is 6.54. The van der Waals surface area contributed by atoms with E-state index in [1.807, 2.05) is 17.9 Å². The van der Waals surface area contributed by atoms with Crippen molar-refractivity contribution in [2.24, 2.45) is 12.9 Å². The molecule has 0 radical (unpaired) electrons. The number of hydrogen-bond donors (Lipinski definition) is 2. The Morgan fingerprint density at radius 3 is 2.53 bits per heavy atom. The fourth-order valence-corrected chi connectivity index (χ4v) is 2.60. The van der Waals surface area contributed by atoms with Gasteiger partial charge in [-0.15, -0.1) is 0 Å². The fourth-order valence-electron chi connectivity index (χ4n) is 2.60. The maximum absolute atomic E-state index is 5.74. The molecule has 1 aromatic heterocycles. The van der Waals surface area contributed by atoms with Gasteiger partial charge >= 0.3 is 0 Å². The van der Waals surface area contributed by atoms with Crippen LogP contribution in [-0.2, 0) is 13.5 Å². The van der Waals surface area contributed by atoms with E-state index in [4.69, 9.17) is 5.84 Å². The molecule has 0 aliphatic rings. The third-order valence-electron chi connectivity index (χ3n) is 3.57. The minimum atomic E-state index is 0.182. The summed E-state index contributed by atoms with van der Waals surface area (Å²) >= 11 is 0. The van der Waals surface area contributed by atoms with Gasteiger partial charge in [0.25, 0.3) is 0 Å². The van der Waals surface area contributed by atoms with Crippen LogP contribution in [0.4, 0.5) is 0 Å². The summed E-state index contributed by atoms with van der Waals surface area (Å²) in [6.07, 6.45) is 5.90. The summed E-state index contributed by atoms with van der Waals surface area (Å²) in [7, 11) is 1.94. The normalized spacial score (nSPS) is 12.6. The van der Waals surface area contributed by atoms with Crippen molar-refractivity contribution in [2.45, 2.75) is 32.7 Å². The molecule has 0 fully saturated rings. The molecule has 3 N–H and O–H groups in total. The van der Waals surface area contributed by atoms with Gasteiger partial charge in [0, 0.05) is 19.3 Å². The van der Waals surface area contributed by atoms with Crippen molar-refractivity contribution < 1.29 is 0 Å². The zero-order valence-electron chi connectivity index (χ0n) is 11.9. The Labute approximate surface area is 114 Å². The zero-order chi connectivity index (χ0) is 13.8. The molecule has 2 rings (SSSR count). The highest BCUT2D eigenvalue weighted by Gasteiger charge is 2.14. The van der Waals surface area contributed by atoms with E-state index < -0.39 is 0 Å². The van der Waals surface area contributed by atoms with Crippen molar-refractivity contribution in [1.82, 2.24) is 15.2 Å². The number of nitrogens with one attached hydrogen (secondary N) is 1. The number of rotatable bonds is 5. The van der Waals surface area contributed by atoms with Crippen LogP contribution < -0.4 is 11.3 Å². The Bertz CT molecular complexity index is 525. The number of hydrogen-bond acceptors (Lipinski definition) is 3. The van der Waals surface area contributed by atoms with Gasteiger partial charge in [-0.25, -0.2) is 0 Å². The highest BCUT2D eigenvalue weighted by atomic mass is 15.2. The van der Waals surface area contributed by atoms with Crippen molar-refractivity contribution in [1.29, 1.82) is 0 Å². The monoisotopic (exact) mass is 258 g/mol. The van der Waals surface area contributed by atoms with Crippen LogP contribution >= 0.6 is 0 Å². The summed E-state index contributed by atoms with van der Waals surface area (Å²) in [5, 5.41) is 4.19. The van der Waals surface area contributed by atoms with Gasteiger partial charge in [0.05, 0.1) is 6.20 Å². The topological polar surface area (TPSA) is 55.9 Å². The van der Waals surface area contributed by atoms with Crippen LogP contribution in [0.25, 0.3) is 0 Å². The first-order valence-corrected chi connectivity index (χ1v) is 6.61. The summed E-state index contributed by atoms with van der Waals surface area (Å²) < 4.78 is 1.83. The molecule has 0 spiro atoms. The molecule has 0 bridgehead atoms. The van der Waals surface area contributed by atoms with E-state index in [0.29, 0.717) is 0 Å². The van der Waals surface area contributed by atoms with Crippen molar-refractivity contribution in [3.63, 3.8) is 0 Å². The maximum atomic E-state index is 5.74. The number of nitrogens with two attached hydrogens (primary N) is 1. The molecule has 0 saturated carbocycles. The minimum Gasteiger partial charge on any atom is -0.276 e. The van der Waals surface area contributed by atoms with E-state index in [1.165, 1.54) is 22.3 Å².